The molecule has 4 aromatic rings. The first-order chi connectivity index (χ1) is 13.0. The van der Waals surface area contributed by atoms with Crippen LogP contribution in [0.5, 0.6) is 0 Å². The lowest BCUT2D eigenvalue weighted by molar-refractivity contribution is -0.384. The summed E-state index contributed by atoms with van der Waals surface area (Å²) in [6.45, 7) is 0.383. The number of nitrogens with zero attached hydrogens (tertiary/aromatic N) is 3. The second-order valence-electron chi connectivity index (χ2n) is 5.94. The molecule has 0 N–H and O–H groups in total. The molecule has 0 saturated carbocycles. The van der Waals surface area contributed by atoms with Crippen molar-refractivity contribution in [2.75, 3.05) is 0 Å². The minimum atomic E-state index is -0.448. The largest absolute Gasteiger partial charge is 0.294 e. The summed E-state index contributed by atoms with van der Waals surface area (Å²) in [7, 11) is 0. The molecular weight excluding hydrogens is 386 g/mol. The summed E-state index contributed by atoms with van der Waals surface area (Å²) in [4.78, 5) is 28.5. The Morgan fingerprint density at radius 2 is 1.81 bits per heavy atom. The number of nitro benzene ring substituents is 1. The highest BCUT2D eigenvalue weighted by Crippen LogP contribution is 2.31. The van der Waals surface area contributed by atoms with E-state index in [9.17, 15) is 14.9 Å². The fourth-order valence-electron chi connectivity index (χ4n) is 2.84. The SMILES string of the molecule is O=c1c2c(-c3ccc([N+](=O)[O-])cc3)csc2ncn1Cc1ccc(Cl)cc1. The van der Waals surface area contributed by atoms with Crippen molar-refractivity contribution in [2.24, 2.45) is 0 Å². The van der Waals surface area contributed by atoms with Gasteiger partial charge in [0.15, 0.2) is 0 Å². The highest BCUT2D eigenvalue weighted by Gasteiger charge is 2.14. The zero-order valence-corrected chi connectivity index (χ0v) is 15.4. The van der Waals surface area contributed by atoms with Gasteiger partial charge in [-0.3, -0.25) is 19.5 Å². The summed E-state index contributed by atoms with van der Waals surface area (Å²) in [6.07, 6.45) is 1.54. The van der Waals surface area contributed by atoms with Crippen molar-refractivity contribution >= 4 is 38.8 Å². The average molecular weight is 398 g/mol. The molecule has 0 fully saturated rings. The number of rotatable bonds is 4. The molecule has 2 aromatic heterocycles. The number of thiophene rings is 1. The maximum Gasteiger partial charge on any atom is 0.269 e. The monoisotopic (exact) mass is 397 g/mol. The maximum atomic E-state index is 13.0. The number of fused-ring (bicyclic) bond motifs is 1. The summed E-state index contributed by atoms with van der Waals surface area (Å²) >= 11 is 7.28. The standard InChI is InChI=1S/C19H12ClN3O3S/c20-14-5-1-12(2-6-14)9-22-11-21-18-17(19(22)24)16(10-27-18)13-3-7-15(8-4-13)23(25)26/h1-8,10-11H,9H2. The number of benzene rings is 2. The van der Waals surface area contributed by atoms with Crippen LogP contribution >= 0.6 is 22.9 Å². The molecule has 2 aromatic carbocycles. The molecule has 0 aliphatic carbocycles. The second-order valence-corrected chi connectivity index (χ2v) is 7.23. The summed E-state index contributed by atoms with van der Waals surface area (Å²) in [5.74, 6) is 0. The van der Waals surface area contributed by atoms with E-state index in [0.29, 0.717) is 21.8 Å². The number of hydrogen-bond donors (Lipinski definition) is 0. The lowest BCUT2D eigenvalue weighted by Gasteiger charge is -2.07. The highest BCUT2D eigenvalue weighted by atomic mass is 35.5. The molecule has 8 heteroatoms. The summed E-state index contributed by atoms with van der Waals surface area (Å²) in [5, 5.41) is 13.9. The van der Waals surface area contributed by atoms with Crippen LogP contribution < -0.4 is 5.56 Å². The molecule has 0 aliphatic rings. The van der Waals surface area contributed by atoms with Crippen LogP contribution in [-0.4, -0.2) is 14.5 Å². The molecule has 0 spiro atoms. The predicted octanol–water partition coefficient (Wildman–Crippen LogP) is 4.73. The zero-order chi connectivity index (χ0) is 19.0. The van der Waals surface area contributed by atoms with Crippen LogP contribution in [0.4, 0.5) is 5.69 Å². The molecule has 134 valence electrons. The fourth-order valence-corrected chi connectivity index (χ4v) is 3.87. The average Bonchev–Trinajstić information content (AvgIpc) is 3.11. The Kier molecular flexibility index (Phi) is 4.47. The third-order valence-electron chi connectivity index (χ3n) is 4.22. The van der Waals surface area contributed by atoms with E-state index in [4.69, 9.17) is 11.6 Å². The van der Waals surface area contributed by atoms with Crippen LogP contribution in [0.2, 0.25) is 5.02 Å². The van der Waals surface area contributed by atoms with Gasteiger partial charge in [0.2, 0.25) is 0 Å². The Balaban J connectivity index is 1.78. The molecular formula is C19H12ClN3O3S. The Morgan fingerprint density at radius 1 is 1.11 bits per heavy atom. The molecule has 27 heavy (non-hydrogen) atoms. The smallest absolute Gasteiger partial charge is 0.269 e. The second kappa shape index (κ2) is 6.94. The molecule has 0 atom stereocenters. The number of non-ortho nitro benzene ring substituents is 1. The quantitative estimate of drug-likeness (QED) is 0.368. The topological polar surface area (TPSA) is 78.0 Å². The van der Waals surface area contributed by atoms with Gasteiger partial charge in [-0.1, -0.05) is 23.7 Å². The van der Waals surface area contributed by atoms with Gasteiger partial charge in [0, 0.05) is 28.1 Å². The van der Waals surface area contributed by atoms with E-state index in [2.05, 4.69) is 4.98 Å². The summed E-state index contributed by atoms with van der Waals surface area (Å²) in [5.41, 5.74) is 2.28. The van der Waals surface area contributed by atoms with Gasteiger partial charge in [0.25, 0.3) is 11.2 Å². The maximum absolute atomic E-state index is 13.0. The first kappa shape index (κ1) is 17.4. The number of aromatic nitrogens is 2. The molecule has 0 unspecified atom stereocenters. The molecule has 4 rings (SSSR count). The number of hydrogen-bond acceptors (Lipinski definition) is 5. The van der Waals surface area contributed by atoms with Crippen molar-refractivity contribution in [3.05, 3.63) is 91.3 Å². The Hall–Kier alpha value is -3.03. The van der Waals surface area contributed by atoms with Crippen LogP contribution in [0.15, 0.2) is 65.0 Å². The third-order valence-corrected chi connectivity index (χ3v) is 5.35. The Morgan fingerprint density at radius 3 is 2.48 bits per heavy atom. The molecule has 0 bridgehead atoms. The van der Waals surface area contributed by atoms with E-state index in [1.807, 2.05) is 17.5 Å². The van der Waals surface area contributed by atoms with Crippen LogP contribution in [0.25, 0.3) is 21.3 Å². The van der Waals surface area contributed by atoms with Gasteiger partial charge in [-0.15, -0.1) is 11.3 Å². The first-order valence-electron chi connectivity index (χ1n) is 7.99. The van der Waals surface area contributed by atoms with Crippen molar-refractivity contribution in [1.29, 1.82) is 0 Å². The van der Waals surface area contributed by atoms with Gasteiger partial charge in [-0.2, -0.15) is 0 Å². The molecule has 6 nitrogen and oxygen atoms in total. The van der Waals surface area contributed by atoms with Crippen molar-refractivity contribution in [3.63, 3.8) is 0 Å². The van der Waals surface area contributed by atoms with E-state index in [-0.39, 0.29) is 11.2 Å². The van der Waals surface area contributed by atoms with Crippen LogP contribution in [0.1, 0.15) is 5.56 Å². The minimum Gasteiger partial charge on any atom is -0.294 e. The van der Waals surface area contributed by atoms with E-state index < -0.39 is 4.92 Å². The molecule has 2 heterocycles. The highest BCUT2D eigenvalue weighted by molar-refractivity contribution is 7.17. The van der Waals surface area contributed by atoms with Crippen molar-refractivity contribution < 1.29 is 4.92 Å². The van der Waals surface area contributed by atoms with Crippen LogP contribution in [0, 0.1) is 10.1 Å². The van der Waals surface area contributed by atoms with Crippen molar-refractivity contribution in [1.82, 2.24) is 9.55 Å². The lowest BCUT2D eigenvalue weighted by atomic mass is 10.1. The van der Waals surface area contributed by atoms with Gasteiger partial charge in [-0.25, -0.2) is 4.98 Å². The van der Waals surface area contributed by atoms with Crippen molar-refractivity contribution in [2.45, 2.75) is 6.54 Å². The Labute approximate surface area is 162 Å². The normalized spacial score (nSPS) is 11.0. The molecule has 0 radical (unpaired) electrons. The number of halogens is 1. The Bertz CT molecular complexity index is 1200. The summed E-state index contributed by atoms with van der Waals surface area (Å²) < 4.78 is 1.55. The van der Waals surface area contributed by atoms with Crippen LogP contribution in [-0.2, 0) is 6.54 Å². The van der Waals surface area contributed by atoms with Gasteiger partial charge < -0.3 is 0 Å². The number of nitro groups is 1. The predicted molar refractivity (Wildman–Crippen MR) is 107 cm³/mol. The lowest BCUT2D eigenvalue weighted by Crippen LogP contribution is -2.20. The molecule has 0 saturated heterocycles. The first-order valence-corrected chi connectivity index (χ1v) is 9.24. The van der Waals surface area contributed by atoms with Crippen molar-refractivity contribution in [3.8, 4) is 11.1 Å². The van der Waals surface area contributed by atoms with Gasteiger partial charge in [0.05, 0.1) is 23.2 Å². The fraction of sp³-hybridized carbons (Fsp3) is 0.0526. The van der Waals surface area contributed by atoms with Gasteiger partial charge in [-0.05, 0) is 35.4 Å². The van der Waals surface area contributed by atoms with E-state index in [1.165, 1.54) is 29.8 Å². The minimum absolute atomic E-state index is 0.0107. The van der Waals surface area contributed by atoms with Crippen LogP contribution in [0.3, 0.4) is 0 Å². The molecule has 0 amide bonds. The van der Waals surface area contributed by atoms with E-state index >= 15 is 0 Å². The molecule has 0 aliphatic heterocycles. The van der Waals surface area contributed by atoms with Gasteiger partial charge >= 0.3 is 0 Å². The third kappa shape index (κ3) is 3.34. The van der Waals surface area contributed by atoms with E-state index in [0.717, 1.165) is 16.7 Å². The summed E-state index contributed by atoms with van der Waals surface area (Å²) in [6, 6.07) is 13.4. The van der Waals surface area contributed by atoms with E-state index in [1.54, 1.807) is 28.8 Å². The van der Waals surface area contributed by atoms with Gasteiger partial charge in [0.1, 0.15) is 4.83 Å². The zero-order valence-electron chi connectivity index (χ0n) is 13.8.